The van der Waals surface area contributed by atoms with E-state index in [2.05, 4.69) is 12.0 Å². The monoisotopic (exact) mass is 130 g/mol. The first-order chi connectivity index (χ1) is 4.22. The third kappa shape index (κ3) is 3.24. The molecule has 0 aliphatic rings. The Hall–Kier alpha value is -0.380. The summed E-state index contributed by atoms with van der Waals surface area (Å²) in [6, 6.07) is 0.0787. The van der Waals surface area contributed by atoms with Crippen LogP contribution in [-0.4, -0.2) is 19.8 Å². The fourth-order valence-corrected chi connectivity index (χ4v) is 0.499. The predicted molar refractivity (Wildman–Crippen MR) is 37.8 cm³/mol. The standard InChI is InChI=1S/C6H14N2O/c1-5(2)6(8-7)4-9-3/h6,8H,1,4,7H2,2-3H3. The maximum Gasteiger partial charge on any atom is 0.0667 e. The third-order valence-corrected chi connectivity index (χ3v) is 1.13. The molecule has 0 fully saturated rings. The molecule has 54 valence electrons. The summed E-state index contributed by atoms with van der Waals surface area (Å²) in [6.45, 7) is 6.20. The summed E-state index contributed by atoms with van der Waals surface area (Å²) in [4.78, 5) is 0. The van der Waals surface area contributed by atoms with Gasteiger partial charge in [0.25, 0.3) is 0 Å². The average Bonchev–Trinajstić information content (AvgIpc) is 1.82. The first kappa shape index (κ1) is 8.62. The van der Waals surface area contributed by atoms with Gasteiger partial charge < -0.3 is 4.74 Å². The van der Waals surface area contributed by atoms with Gasteiger partial charge in [-0.3, -0.25) is 11.3 Å². The van der Waals surface area contributed by atoms with Crippen LogP contribution in [0.2, 0.25) is 0 Å². The van der Waals surface area contributed by atoms with E-state index in [1.165, 1.54) is 0 Å². The van der Waals surface area contributed by atoms with Gasteiger partial charge in [-0.15, -0.1) is 0 Å². The van der Waals surface area contributed by atoms with Crippen molar-refractivity contribution in [3.8, 4) is 0 Å². The van der Waals surface area contributed by atoms with Crippen LogP contribution in [0.4, 0.5) is 0 Å². The van der Waals surface area contributed by atoms with Gasteiger partial charge in [0.2, 0.25) is 0 Å². The van der Waals surface area contributed by atoms with Crippen molar-refractivity contribution in [1.82, 2.24) is 5.43 Å². The smallest absolute Gasteiger partial charge is 0.0667 e. The summed E-state index contributed by atoms with van der Waals surface area (Å²) in [7, 11) is 1.63. The van der Waals surface area contributed by atoms with E-state index in [9.17, 15) is 0 Å². The van der Waals surface area contributed by atoms with Crippen molar-refractivity contribution in [2.24, 2.45) is 5.84 Å². The van der Waals surface area contributed by atoms with Gasteiger partial charge in [0.1, 0.15) is 0 Å². The van der Waals surface area contributed by atoms with Gasteiger partial charge in [-0.25, -0.2) is 0 Å². The number of ether oxygens (including phenoxy) is 1. The van der Waals surface area contributed by atoms with Crippen molar-refractivity contribution in [2.45, 2.75) is 13.0 Å². The summed E-state index contributed by atoms with van der Waals surface area (Å²) in [5.41, 5.74) is 3.56. The van der Waals surface area contributed by atoms with Crippen LogP contribution in [-0.2, 0) is 4.74 Å². The van der Waals surface area contributed by atoms with Crippen LogP contribution >= 0.6 is 0 Å². The molecule has 0 amide bonds. The van der Waals surface area contributed by atoms with E-state index >= 15 is 0 Å². The lowest BCUT2D eigenvalue weighted by Gasteiger charge is -2.13. The Bertz CT molecular complexity index is 93.1. The molecule has 0 spiro atoms. The van der Waals surface area contributed by atoms with E-state index < -0.39 is 0 Å². The summed E-state index contributed by atoms with van der Waals surface area (Å²) >= 11 is 0. The van der Waals surface area contributed by atoms with E-state index in [1.54, 1.807) is 7.11 Å². The molecule has 1 atom stereocenters. The molecule has 0 aliphatic heterocycles. The van der Waals surface area contributed by atoms with Crippen LogP contribution in [0.25, 0.3) is 0 Å². The normalized spacial score (nSPS) is 13.2. The van der Waals surface area contributed by atoms with Crippen LogP contribution in [0.5, 0.6) is 0 Å². The second-order valence-corrected chi connectivity index (χ2v) is 2.02. The Morgan fingerprint density at radius 2 is 2.44 bits per heavy atom. The molecule has 0 aromatic heterocycles. The Balaban J connectivity index is 3.54. The van der Waals surface area contributed by atoms with E-state index in [0.29, 0.717) is 6.61 Å². The fourth-order valence-electron chi connectivity index (χ4n) is 0.499. The van der Waals surface area contributed by atoms with Crippen LogP contribution in [0.3, 0.4) is 0 Å². The number of hydrogen-bond acceptors (Lipinski definition) is 3. The number of hydrazine groups is 1. The maximum atomic E-state index is 5.17. The molecule has 3 heteroatoms. The summed E-state index contributed by atoms with van der Waals surface area (Å²) in [5.74, 6) is 5.17. The first-order valence-corrected chi connectivity index (χ1v) is 2.82. The van der Waals surface area contributed by atoms with Crippen LogP contribution in [0.15, 0.2) is 12.2 Å². The number of nitrogens with one attached hydrogen (secondary N) is 1. The summed E-state index contributed by atoms with van der Waals surface area (Å²) in [6.07, 6.45) is 0. The topological polar surface area (TPSA) is 47.3 Å². The highest BCUT2D eigenvalue weighted by Gasteiger charge is 2.03. The molecule has 0 aliphatic carbocycles. The molecule has 0 bridgehead atoms. The van der Waals surface area contributed by atoms with Gasteiger partial charge >= 0.3 is 0 Å². The van der Waals surface area contributed by atoms with Crippen LogP contribution in [0, 0.1) is 0 Å². The van der Waals surface area contributed by atoms with E-state index in [4.69, 9.17) is 10.6 Å². The highest BCUT2D eigenvalue weighted by Crippen LogP contribution is 1.95. The summed E-state index contributed by atoms with van der Waals surface area (Å²) < 4.78 is 4.85. The number of methoxy groups -OCH3 is 1. The second kappa shape index (κ2) is 4.49. The largest absolute Gasteiger partial charge is 0.383 e. The predicted octanol–water partition coefficient (Wildman–Crippen LogP) is 0.0408. The molecular weight excluding hydrogens is 116 g/mol. The van der Waals surface area contributed by atoms with Crippen molar-refractivity contribution >= 4 is 0 Å². The highest BCUT2D eigenvalue weighted by atomic mass is 16.5. The molecule has 1 unspecified atom stereocenters. The first-order valence-electron chi connectivity index (χ1n) is 2.82. The third-order valence-electron chi connectivity index (χ3n) is 1.13. The van der Waals surface area contributed by atoms with Gasteiger partial charge in [0.15, 0.2) is 0 Å². The lowest BCUT2D eigenvalue weighted by molar-refractivity contribution is 0.177. The van der Waals surface area contributed by atoms with Gasteiger partial charge in [-0.1, -0.05) is 12.2 Å². The minimum atomic E-state index is 0.0787. The SMILES string of the molecule is C=C(C)C(COC)NN. The van der Waals surface area contributed by atoms with E-state index in [1.807, 2.05) is 6.92 Å². The molecule has 0 saturated carbocycles. The van der Waals surface area contributed by atoms with Crippen molar-refractivity contribution in [1.29, 1.82) is 0 Å². The van der Waals surface area contributed by atoms with Crippen molar-refractivity contribution in [3.05, 3.63) is 12.2 Å². The number of hydrogen-bond donors (Lipinski definition) is 2. The maximum absolute atomic E-state index is 5.17. The highest BCUT2D eigenvalue weighted by molar-refractivity contribution is 5.00. The molecule has 0 aromatic carbocycles. The fraction of sp³-hybridized carbons (Fsp3) is 0.667. The summed E-state index contributed by atoms with van der Waals surface area (Å²) in [5, 5.41) is 0. The molecule has 0 heterocycles. The Kier molecular flexibility index (Phi) is 4.30. The van der Waals surface area contributed by atoms with Gasteiger partial charge in [0, 0.05) is 7.11 Å². The van der Waals surface area contributed by atoms with Crippen molar-refractivity contribution in [3.63, 3.8) is 0 Å². The number of nitrogens with two attached hydrogens (primary N) is 1. The minimum absolute atomic E-state index is 0.0787. The van der Waals surface area contributed by atoms with E-state index in [0.717, 1.165) is 5.57 Å². The van der Waals surface area contributed by atoms with Gasteiger partial charge in [-0.2, -0.15) is 0 Å². The Labute approximate surface area is 55.8 Å². The minimum Gasteiger partial charge on any atom is -0.383 e. The molecule has 0 aromatic rings. The second-order valence-electron chi connectivity index (χ2n) is 2.02. The zero-order valence-corrected chi connectivity index (χ0v) is 5.98. The van der Waals surface area contributed by atoms with Crippen LogP contribution < -0.4 is 11.3 Å². The molecule has 0 radical (unpaired) electrons. The van der Waals surface area contributed by atoms with E-state index in [-0.39, 0.29) is 6.04 Å². The molecule has 0 saturated heterocycles. The quantitative estimate of drug-likeness (QED) is 0.321. The van der Waals surface area contributed by atoms with Crippen molar-refractivity contribution in [2.75, 3.05) is 13.7 Å². The molecular formula is C6H14N2O. The lowest BCUT2D eigenvalue weighted by Crippen LogP contribution is -2.38. The molecule has 0 rings (SSSR count). The molecule has 9 heavy (non-hydrogen) atoms. The van der Waals surface area contributed by atoms with Crippen molar-refractivity contribution < 1.29 is 4.74 Å². The van der Waals surface area contributed by atoms with Gasteiger partial charge in [-0.05, 0) is 6.92 Å². The average molecular weight is 130 g/mol. The molecule has 3 N–H and O–H groups in total. The lowest BCUT2D eigenvalue weighted by atomic mass is 10.2. The van der Waals surface area contributed by atoms with Crippen LogP contribution in [0.1, 0.15) is 6.92 Å². The number of rotatable bonds is 4. The Morgan fingerprint density at radius 3 is 2.56 bits per heavy atom. The zero-order valence-electron chi connectivity index (χ0n) is 5.98. The van der Waals surface area contributed by atoms with Gasteiger partial charge in [0.05, 0.1) is 12.6 Å². The Morgan fingerprint density at radius 1 is 1.89 bits per heavy atom. The zero-order chi connectivity index (χ0) is 7.28. The molecule has 3 nitrogen and oxygen atoms in total.